The van der Waals surface area contributed by atoms with Crippen molar-refractivity contribution in [3.05, 3.63) is 64.2 Å². The molecule has 2 rings (SSSR count). The summed E-state index contributed by atoms with van der Waals surface area (Å²) < 4.78 is 69.7. The molecule has 0 saturated carbocycles. The molecule has 2 aromatic rings. The van der Waals surface area contributed by atoms with Crippen molar-refractivity contribution in [1.29, 1.82) is 0 Å². The number of halogens is 4. The van der Waals surface area contributed by atoms with Crippen molar-refractivity contribution in [2.45, 2.75) is 24.9 Å². The van der Waals surface area contributed by atoms with E-state index in [4.69, 9.17) is 16.3 Å². The zero-order chi connectivity index (χ0) is 23.4. The fraction of sp³-hybridized carbons (Fsp3) is 0.300. The minimum absolute atomic E-state index is 0.102. The third-order valence-electron chi connectivity index (χ3n) is 4.35. The van der Waals surface area contributed by atoms with Gasteiger partial charge in [0.15, 0.2) is 12.4 Å². The van der Waals surface area contributed by atoms with Crippen LogP contribution in [0.2, 0.25) is 5.02 Å². The molecule has 0 spiro atoms. The number of ether oxygens (including phenoxy) is 1. The standard InChI is InChI=1S/C20H19ClF3NO5S/c1-3-25(4-2)31(28,29)15-8-9-17(21)16(11-15)19(27)30-12-18(26)13-6-5-7-14(10-13)20(22,23)24/h5-11H,3-4,12H2,1-2H3. The van der Waals surface area contributed by atoms with Gasteiger partial charge in [0.05, 0.1) is 21.0 Å². The summed E-state index contributed by atoms with van der Waals surface area (Å²) in [7, 11) is -3.87. The molecule has 0 N–H and O–H groups in total. The highest BCUT2D eigenvalue weighted by atomic mass is 35.5. The number of ketones is 1. The quantitative estimate of drug-likeness (QED) is 0.415. The van der Waals surface area contributed by atoms with Crippen LogP contribution in [0.3, 0.4) is 0 Å². The minimum Gasteiger partial charge on any atom is -0.454 e. The van der Waals surface area contributed by atoms with Gasteiger partial charge < -0.3 is 4.74 Å². The number of benzene rings is 2. The van der Waals surface area contributed by atoms with Gasteiger partial charge in [-0.3, -0.25) is 4.79 Å². The largest absolute Gasteiger partial charge is 0.454 e. The van der Waals surface area contributed by atoms with Crippen molar-refractivity contribution >= 4 is 33.4 Å². The molecule has 0 atom stereocenters. The van der Waals surface area contributed by atoms with E-state index in [-0.39, 0.29) is 34.1 Å². The highest BCUT2D eigenvalue weighted by Crippen LogP contribution is 2.29. The summed E-state index contributed by atoms with van der Waals surface area (Å²) in [5.41, 5.74) is -1.58. The molecule has 0 unspecified atom stereocenters. The number of carbonyl (C=O) groups excluding carboxylic acids is 2. The lowest BCUT2D eigenvalue weighted by molar-refractivity contribution is -0.137. The Morgan fingerprint density at radius 2 is 1.71 bits per heavy atom. The van der Waals surface area contributed by atoms with Gasteiger partial charge in [0.25, 0.3) is 0 Å². The van der Waals surface area contributed by atoms with E-state index in [1.54, 1.807) is 13.8 Å². The Hall–Kier alpha value is -2.43. The van der Waals surface area contributed by atoms with E-state index in [1.165, 1.54) is 16.4 Å². The zero-order valence-corrected chi connectivity index (χ0v) is 18.1. The predicted octanol–water partition coefficient (Wildman–Crippen LogP) is 4.43. The van der Waals surface area contributed by atoms with Gasteiger partial charge in [-0.25, -0.2) is 13.2 Å². The molecule has 0 saturated heterocycles. The van der Waals surface area contributed by atoms with Gasteiger partial charge >= 0.3 is 12.1 Å². The molecule has 0 aliphatic rings. The maximum atomic E-state index is 12.8. The normalized spacial score (nSPS) is 12.1. The maximum Gasteiger partial charge on any atom is 0.416 e. The van der Waals surface area contributed by atoms with Gasteiger partial charge in [0, 0.05) is 18.7 Å². The van der Waals surface area contributed by atoms with Gasteiger partial charge in [-0.1, -0.05) is 37.6 Å². The molecule has 0 fully saturated rings. The predicted molar refractivity (Wildman–Crippen MR) is 108 cm³/mol. The first-order valence-electron chi connectivity index (χ1n) is 9.09. The first-order chi connectivity index (χ1) is 14.4. The Morgan fingerprint density at radius 1 is 1.06 bits per heavy atom. The molecule has 0 aliphatic carbocycles. The second-order valence-corrected chi connectivity index (χ2v) is 8.65. The molecule has 0 aromatic heterocycles. The van der Waals surface area contributed by atoms with Crippen LogP contribution in [0.25, 0.3) is 0 Å². The third kappa shape index (κ3) is 5.84. The molecule has 168 valence electrons. The van der Waals surface area contributed by atoms with Crippen molar-refractivity contribution in [1.82, 2.24) is 4.31 Å². The van der Waals surface area contributed by atoms with E-state index in [2.05, 4.69) is 0 Å². The van der Waals surface area contributed by atoms with Gasteiger partial charge in [-0.15, -0.1) is 0 Å². The number of carbonyl (C=O) groups is 2. The number of hydrogen-bond donors (Lipinski definition) is 0. The molecule has 0 aliphatic heterocycles. The average Bonchev–Trinajstić information content (AvgIpc) is 2.72. The maximum absolute atomic E-state index is 12.8. The van der Waals surface area contributed by atoms with E-state index in [9.17, 15) is 31.2 Å². The number of alkyl halides is 3. The molecule has 6 nitrogen and oxygen atoms in total. The number of hydrogen-bond acceptors (Lipinski definition) is 5. The summed E-state index contributed by atoms with van der Waals surface area (Å²) in [5, 5.41) is -0.102. The molecule has 0 amide bonds. The van der Waals surface area contributed by atoms with Gasteiger partial charge in [0.1, 0.15) is 0 Å². The van der Waals surface area contributed by atoms with Crippen LogP contribution in [0.1, 0.15) is 40.1 Å². The summed E-state index contributed by atoms with van der Waals surface area (Å²) in [6.07, 6.45) is -4.63. The van der Waals surface area contributed by atoms with Crippen molar-refractivity contribution in [3.8, 4) is 0 Å². The first kappa shape index (κ1) is 24.8. The molecule has 0 radical (unpaired) electrons. The smallest absolute Gasteiger partial charge is 0.416 e. The van der Waals surface area contributed by atoms with Crippen LogP contribution in [-0.4, -0.2) is 44.2 Å². The van der Waals surface area contributed by atoms with Crippen molar-refractivity contribution in [3.63, 3.8) is 0 Å². The number of rotatable bonds is 8. The van der Waals surface area contributed by atoms with Gasteiger partial charge in [-0.2, -0.15) is 17.5 Å². The SMILES string of the molecule is CCN(CC)S(=O)(=O)c1ccc(Cl)c(C(=O)OCC(=O)c2cccc(C(F)(F)F)c2)c1. The fourth-order valence-electron chi connectivity index (χ4n) is 2.70. The molecule has 0 bridgehead atoms. The molecule has 0 heterocycles. The Bertz CT molecular complexity index is 1080. The number of nitrogens with zero attached hydrogens (tertiary/aromatic N) is 1. The fourth-order valence-corrected chi connectivity index (χ4v) is 4.37. The highest BCUT2D eigenvalue weighted by Gasteiger charge is 2.31. The molecule has 31 heavy (non-hydrogen) atoms. The van der Waals surface area contributed by atoms with Crippen LogP contribution >= 0.6 is 11.6 Å². The van der Waals surface area contributed by atoms with E-state index in [0.29, 0.717) is 6.07 Å². The minimum atomic E-state index is -4.63. The van der Waals surface area contributed by atoms with Crippen molar-refractivity contribution in [2.24, 2.45) is 0 Å². The van der Waals surface area contributed by atoms with Crippen molar-refractivity contribution < 1.29 is 35.9 Å². The van der Waals surface area contributed by atoms with Crippen LogP contribution in [-0.2, 0) is 20.9 Å². The summed E-state index contributed by atoms with van der Waals surface area (Å²) >= 11 is 5.97. The average molecular weight is 478 g/mol. The number of Topliss-reactive ketones (excluding diaryl/α,β-unsaturated/α-hetero) is 1. The molecular weight excluding hydrogens is 459 g/mol. The lowest BCUT2D eigenvalue weighted by atomic mass is 10.1. The van der Waals surface area contributed by atoms with Gasteiger partial charge in [-0.05, 0) is 30.3 Å². The third-order valence-corrected chi connectivity index (χ3v) is 6.72. The summed E-state index contributed by atoms with van der Waals surface area (Å²) in [4.78, 5) is 24.3. The molecule has 2 aromatic carbocycles. The lowest BCUT2D eigenvalue weighted by Crippen LogP contribution is -2.30. The summed E-state index contributed by atoms with van der Waals surface area (Å²) in [5.74, 6) is -1.94. The zero-order valence-electron chi connectivity index (χ0n) is 16.6. The second kappa shape index (κ2) is 9.80. The second-order valence-electron chi connectivity index (χ2n) is 6.31. The van der Waals surface area contributed by atoms with Crippen LogP contribution in [0, 0.1) is 0 Å². The molecular formula is C20H19ClF3NO5S. The number of sulfonamides is 1. The summed E-state index contributed by atoms with van der Waals surface area (Å²) in [6, 6.07) is 7.17. The van der Waals surface area contributed by atoms with E-state index in [0.717, 1.165) is 24.3 Å². The summed E-state index contributed by atoms with van der Waals surface area (Å²) in [6.45, 7) is 2.90. The Balaban J connectivity index is 2.20. The first-order valence-corrected chi connectivity index (χ1v) is 10.9. The highest BCUT2D eigenvalue weighted by molar-refractivity contribution is 7.89. The van der Waals surface area contributed by atoms with Crippen molar-refractivity contribution in [2.75, 3.05) is 19.7 Å². The lowest BCUT2D eigenvalue weighted by Gasteiger charge is -2.19. The van der Waals surface area contributed by atoms with E-state index < -0.39 is 40.1 Å². The topological polar surface area (TPSA) is 80.8 Å². The van der Waals surface area contributed by atoms with Crippen LogP contribution in [0.5, 0.6) is 0 Å². The van der Waals surface area contributed by atoms with E-state index >= 15 is 0 Å². The Morgan fingerprint density at radius 3 is 2.29 bits per heavy atom. The van der Waals surface area contributed by atoms with Crippen LogP contribution in [0.4, 0.5) is 13.2 Å². The number of esters is 1. The molecule has 11 heteroatoms. The Labute approximate surface area is 182 Å². The van der Waals surface area contributed by atoms with E-state index in [1.807, 2.05) is 0 Å². The monoisotopic (exact) mass is 477 g/mol. The Kier molecular flexibility index (Phi) is 7.85. The van der Waals surface area contributed by atoms with Crippen LogP contribution < -0.4 is 0 Å². The van der Waals surface area contributed by atoms with Crippen LogP contribution in [0.15, 0.2) is 47.4 Å². The van der Waals surface area contributed by atoms with Gasteiger partial charge in [0.2, 0.25) is 10.0 Å².